The van der Waals surface area contributed by atoms with Gasteiger partial charge in [-0.2, -0.15) is 13.2 Å². The van der Waals surface area contributed by atoms with Crippen molar-refractivity contribution in [3.63, 3.8) is 0 Å². The van der Waals surface area contributed by atoms with Gasteiger partial charge < -0.3 is 10.0 Å². The lowest BCUT2D eigenvalue weighted by molar-refractivity contribution is -0.137. The molecule has 0 bridgehead atoms. The first-order valence-electron chi connectivity index (χ1n) is 9.59. The molecular formula is C22H23ClF3NO2. The van der Waals surface area contributed by atoms with Crippen LogP contribution in [0.5, 0.6) is 0 Å². The van der Waals surface area contributed by atoms with Crippen LogP contribution in [0.1, 0.15) is 47.2 Å². The molecule has 0 amide bonds. The van der Waals surface area contributed by atoms with Crippen LogP contribution in [0.3, 0.4) is 0 Å². The van der Waals surface area contributed by atoms with E-state index in [1.54, 1.807) is 12.1 Å². The minimum atomic E-state index is -4.40. The van der Waals surface area contributed by atoms with Gasteiger partial charge in [-0.1, -0.05) is 35.9 Å². The molecule has 156 valence electrons. The van der Waals surface area contributed by atoms with E-state index < -0.39 is 17.3 Å². The van der Waals surface area contributed by atoms with Crippen molar-refractivity contribution in [2.24, 2.45) is 0 Å². The molecule has 1 fully saturated rings. The summed E-state index contributed by atoms with van der Waals surface area (Å²) in [5.41, 5.74) is -0.458. The SMILES string of the molecule is O=C(CCCN1CCC(O)(c2ccc(Cl)cc2)CC1)c1ccc(C(F)(F)F)cc1. The van der Waals surface area contributed by atoms with Crippen LogP contribution in [0.4, 0.5) is 13.2 Å². The van der Waals surface area contributed by atoms with Gasteiger partial charge >= 0.3 is 6.18 Å². The zero-order valence-corrected chi connectivity index (χ0v) is 16.6. The Kier molecular flexibility index (Phi) is 6.66. The summed E-state index contributed by atoms with van der Waals surface area (Å²) >= 11 is 5.91. The van der Waals surface area contributed by atoms with Crippen molar-refractivity contribution in [2.45, 2.75) is 37.5 Å². The number of carbonyl (C=O) groups is 1. The largest absolute Gasteiger partial charge is 0.416 e. The Morgan fingerprint density at radius 1 is 1.03 bits per heavy atom. The average molecular weight is 426 g/mol. The number of likely N-dealkylation sites (tertiary alicyclic amines) is 1. The Morgan fingerprint density at radius 2 is 1.62 bits per heavy atom. The zero-order valence-electron chi connectivity index (χ0n) is 15.9. The summed E-state index contributed by atoms with van der Waals surface area (Å²) < 4.78 is 37.8. The lowest BCUT2D eigenvalue weighted by Crippen LogP contribution is -2.42. The topological polar surface area (TPSA) is 40.5 Å². The zero-order chi connectivity index (χ0) is 21.1. The fraction of sp³-hybridized carbons (Fsp3) is 0.409. The van der Waals surface area contributed by atoms with Gasteiger partial charge in [-0.05, 0) is 55.6 Å². The molecule has 29 heavy (non-hydrogen) atoms. The monoisotopic (exact) mass is 425 g/mol. The van der Waals surface area contributed by atoms with Crippen LogP contribution in [-0.4, -0.2) is 35.4 Å². The summed E-state index contributed by atoms with van der Waals surface area (Å²) in [5.74, 6) is -0.159. The average Bonchev–Trinajstić information content (AvgIpc) is 2.69. The quantitative estimate of drug-likeness (QED) is 0.638. The Bertz CT molecular complexity index is 827. The van der Waals surface area contributed by atoms with Crippen molar-refractivity contribution >= 4 is 17.4 Å². The summed E-state index contributed by atoms with van der Waals surface area (Å²) in [6, 6.07) is 11.6. The van der Waals surface area contributed by atoms with E-state index >= 15 is 0 Å². The van der Waals surface area contributed by atoms with Crippen molar-refractivity contribution in [1.82, 2.24) is 4.90 Å². The second kappa shape index (κ2) is 8.86. The highest BCUT2D eigenvalue weighted by molar-refractivity contribution is 6.30. The molecule has 1 heterocycles. The van der Waals surface area contributed by atoms with E-state index in [0.717, 1.165) is 17.7 Å². The molecule has 1 aliphatic heterocycles. The number of hydrogen-bond donors (Lipinski definition) is 1. The smallest absolute Gasteiger partial charge is 0.385 e. The van der Waals surface area contributed by atoms with Crippen LogP contribution in [0.2, 0.25) is 5.02 Å². The Hall–Kier alpha value is -1.89. The highest BCUT2D eigenvalue weighted by atomic mass is 35.5. The first-order valence-corrected chi connectivity index (χ1v) is 9.96. The van der Waals surface area contributed by atoms with Gasteiger partial charge in [-0.25, -0.2) is 0 Å². The third-order valence-electron chi connectivity index (χ3n) is 5.48. The van der Waals surface area contributed by atoms with E-state index in [2.05, 4.69) is 4.90 Å². The number of aliphatic hydroxyl groups is 1. The third kappa shape index (κ3) is 5.59. The number of Topliss-reactive ketones (excluding diaryl/α,β-unsaturated/α-hetero) is 1. The molecule has 1 N–H and O–H groups in total. The van der Waals surface area contributed by atoms with Gasteiger partial charge in [0.15, 0.2) is 5.78 Å². The van der Waals surface area contributed by atoms with Crippen molar-refractivity contribution < 1.29 is 23.1 Å². The minimum absolute atomic E-state index is 0.159. The van der Waals surface area contributed by atoms with Crippen LogP contribution in [0, 0.1) is 0 Å². The number of piperidine rings is 1. The van der Waals surface area contributed by atoms with E-state index in [-0.39, 0.29) is 12.2 Å². The first kappa shape index (κ1) is 21.8. The van der Waals surface area contributed by atoms with Crippen LogP contribution in [0.25, 0.3) is 0 Å². The Labute approximate surface area is 173 Å². The molecule has 0 unspecified atom stereocenters. The summed E-state index contributed by atoms with van der Waals surface area (Å²) in [6.45, 7) is 2.14. The van der Waals surface area contributed by atoms with Crippen molar-refractivity contribution in [3.8, 4) is 0 Å². The molecule has 0 saturated carbocycles. The fourth-order valence-electron chi connectivity index (χ4n) is 3.65. The normalized spacial score (nSPS) is 17.3. The van der Waals surface area contributed by atoms with Gasteiger partial charge in [0.1, 0.15) is 0 Å². The Balaban J connectivity index is 1.45. The van der Waals surface area contributed by atoms with Gasteiger partial charge in [0.25, 0.3) is 0 Å². The first-order chi connectivity index (χ1) is 13.7. The summed E-state index contributed by atoms with van der Waals surface area (Å²) in [7, 11) is 0. The summed E-state index contributed by atoms with van der Waals surface area (Å²) in [5, 5.41) is 11.5. The molecule has 0 aromatic heterocycles. The molecule has 3 rings (SSSR count). The lowest BCUT2D eigenvalue weighted by Gasteiger charge is -2.38. The maximum absolute atomic E-state index is 12.6. The van der Waals surface area contributed by atoms with E-state index in [1.165, 1.54) is 12.1 Å². The number of hydrogen-bond acceptors (Lipinski definition) is 3. The van der Waals surface area contributed by atoms with Crippen LogP contribution in [0.15, 0.2) is 48.5 Å². The molecule has 0 radical (unpaired) electrons. The van der Waals surface area contributed by atoms with E-state index in [1.807, 2.05) is 12.1 Å². The van der Waals surface area contributed by atoms with E-state index in [9.17, 15) is 23.1 Å². The number of halogens is 4. The van der Waals surface area contributed by atoms with Crippen molar-refractivity contribution in [2.75, 3.05) is 19.6 Å². The van der Waals surface area contributed by atoms with Crippen LogP contribution >= 0.6 is 11.6 Å². The number of rotatable bonds is 6. The molecule has 1 saturated heterocycles. The van der Waals surface area contributed by atoms with Gasteiger partial charge in [0, 0.05) is 30.1 Å². The second-order valence-electron chi connectivity index (χ2n) is 7.48. The maximum Gasteiger partial charge on any atom is 0.416 e. The highest BCUT2D eigenvalue weighted by Gasteiger charge is 2.34. The minimum Gasteiger partial charge on any atom is -0.385 e. The number of alkyl halides is 3. The van der Waals surface area contributed by atoms with Crippen molar-refractivity contribution in [3.05, 3.63) is 70.2 Å². The van der Waals surface area contributed by atoms with Crippen LogP contribution < -0.4 is 0 Å². The molecule has 0 spiro atoms. The predicted molar refractivity (Wildman–Crippen MR) is 106 cm³/mol. The van der Waals surface area contributed by atoms with Gasteiger partial charge in [-0.3, -0.25) is 4.79 Å². The molecule has 2 aromatic rings. The van der Waals surface area contributed by atoms with Crippen LogP contribution in [-0.2, 0) is 11.8 Å². The van der Waals surface area contributed by atoms with Gasteiger partial charge in [0.2, 0.25) is 0 Å². The third-order valence-corrected chi connectivity index (χ3v) is 5.73. The maximum atomic E-state index is 12.6. The Morgan fingerprint density at radius 3 is 2.17 bits per heavy atom. The summed E-state index contributed by atoms with van der Waals surface area (Å²) in [4.78, 5) is 14.4. The molecule has 0 aliphatic carbocycles. The number of carbonyl (C=O) groups excluding carboxylic acids is 1. The lowest BCUT2D eigenvalue weighted by atomic mass is 9.84. The number of ketones is 1. The number of benzene rings is 2. The second-order valence-corrected chi connectivity index (χ2v) is 7.92. The molecule has 1 aliphatic rings. The van der Waals surface area contributed by atoms with E-state index in [0.29, 0.717) is 49.5 Å². The van der Waals surface area contributed by atoms with Crippen molar-refractivity contribution in [1.29, 1.82) is 0 Å². The number of nitrogens with zero attached hydrogens (tertiary/aromatic N) is 1. The molecule has 2 aromatic carbocycles. The molecule has 3 nitrogen and oxygen atoms in total. The highest BCUT2D eigenvalue weighted by Crippen LogP contribution is 2.33. The van der Waals surface area contributed by atoms with Gasteiger partial charge in [-0.15, -0.1) is 0 Å². The standard InChI is InChI=1S/C22H23ClF3NO2/c23-19-9-7-17(8-10-19)21(29)11-14-27(15-12-21)13-1-2-20(28)16-3-5-18(6-4-16)22(24,25)26/h3-10,29H,1-2,11-15H2. The van der Waals surface area contributed by atoms with E-state index in [4.69, 9.17) is 11.6 Å². The molecular weight excluding hydrogens is 403 g/mol. The molecule has 0 atom stereocenters. The summed E-state index contributed by atoms with van der Waals surface area (Å²) in [6.07, 6.45) is -2.30. The fourth-order valence-corrected chi connectivity index (χ4v) is 3.77. The molecule has 7 heteroatoms. The van der Waals surface area contributed by atoms with Gasteiger partial charge in [0.05, 0.1) is 11.2 Å². The predicted octanol–water partition coefficient (Wildman–Crippen LogP) is 5.31.